The predicted molar refractivity (Wildman–Crippen MR) is 58.8 cm³/mol. The molecule has 0 aliphatic carbocycles. The van der Waals surface area contributed by atoms with Crippen LogP contribution in [0.2, 0.25) is 0 Å². The first-order valence-electron chi connectivity index (χ1n) is 4.72. The molecule has 0 unspecified atom stereocenters. The van der Waals surface area contributed by atoms with Gasteiger partial charge in [0.15, 0.2) is 5.82 Å². The van der Waals surface area contributed by atoms with Crippen molar-refractivity contribution in [3.05, 3.63) is 42.4 Å². The van der Waals surface area contributed by atoms with Crippen LogP contribution in [0.4, 0.5) is 0 Å². The number of rotatable bonds is 3. The zero-order valence-corrected chi connectivity index (χ0v) is 8.77. The highest BCUT2D eigenvalue weighted by atomic mass is 16.1. The van der Waals surface area contributed by atoms with Crippen molar-refractivity contribution in [3.63, 3.8) is 0 Å². The molecule has 0 aliphatic heterocycles. The van der Waals surface area contributed by atoms with E-state index in [-0.39, 0.29) is 11.6 Å². The lowest BCUT2D eigenvalue weighted by Gasteiger charge is -1.92. The van der Waals surface area contributed by atoms with Crippen molar-refractivity contribution < 1.29 is 4.79 Å². The molecule has 80 valence electrons. The molecule has 0 aromatic carbocycles. The fourth-order valence-electron chi connectivity index (χ4n) is 1.17. The average Bonchev–Trinajstić information content (AvgIpc) is 2.78. The van der Waals surface area contributed by atoms with Crippen LogP contribution in [-0.4, -0.2) is 25.9 Å². The molecule has 0 saturated heterocycles. The van der Waals surface area contributed by atoms with Crippen molar-refractivity contribution in [2.24, 2.45) is 0 Å². The number of carbonyl (C=O) groups excluding carboxylic acids is 1. The van der Waals surface area contributed by atoms with Crippen LogP contribution in [0.25, 0.3) is 11.5 Å². The van der Waals surface area contributed by atoms with Crippen molar-refractivity contribution in [3.8, 4) is 11.5 Å². The minimum absolute atomic E-state index is 0.119. The molecule has 0 atom stereocenters. The smallest absolute Gasteiger partial charge is 0.227 e. The number of hydrogen-bond acceptors (Lipinski definition) is 4. The van der Waals surface area contributed by atoms with Crippen molar-refractivity contribution in [1.82, 2.24) is 20.2 Å². The number of ketones is 1. The largest absolute Gasteiger partial charge is 0.285 e. The zero-order chi connectivity index (χ0) is 11.5. The lowest BCUT2D eigenvalue weighted by atomic mass is 10.2. The van der Waals surface area contributed by atoms with Crippen LogP contribution < -0.4 is 0 Å². The van der Waals surface area contributed by atoms with Gasteiger partial charge in [0.25, 0.3) is 0 Å². The molecule has 16 heavy (non-hydrogen) atoms. The molecule has 5 nitrogen and oxygen atoms in total. The number of pyridine rings is 1. The number of H-pyrrole nitrogens is 1. The predicted octanol–water partition coefficient (Wildman–Crippen LogP) is 1.63. The Bertz CT molecular complexity index is 530. The summed E-state index contributed by atoms with van der Waals surface area (Å²) in [6, 6.07) is 5.43. The maximum Gasteiger partial charge on any atom is 0.227 e. The van der Waals surface area contributed by atoms with Crippen LogP contribution in [0.15, 0.2) is 36.5 Å². The Hall–Kier alpha value is -2.30. The van der Waals surface area contributed by atoms with Gasteiger partial charge < -0.3 is 0 Å². The van der Waals surface area contributed by atoms with Gasteiger partial charge in [0.1, 0.15) is 5.69 Å². The van der Waals surface area contributed by atoms with Gasteiger partial charge in [0.05, 0.1) is 0 Å². The van der Waals surface area contributed by atoms with Crippen LogP contribution in [-0.2, 0) is 0 Å². The number of aromatic nitrogens is 4. The fraction of sp³-hybridized carbons (Fsp3) is 0.0909. The zero-order valence-electron chi connectivity index (χ0n) is 8.77. The van der Waals surface area contributed by atoms with Gasteiger partial charge in [-0.25, -0.2) is 4.98 Å². The van der Waals surface area contributed by atoms with E-state index in [9.17, 15) is 4.79 Å². The van der Waals surface area contributed by atoms with Crippen molar-refractivity contribution in [2.45, 2.75) is 6.92 Å². The summed E-state index contributed by atoms with van der Waals surface area (Å²) in [5.41, 5.74) is 1.06. The summed E-state index contributed by atoms with van der Waals surface area (Å²) in [6.07, 6.45) is 1.65. The van der Waals surface area contributed by atoms with Crippen LogP contribution in [0, 0.1) is 0 Å². The fourth-order valence-corrected chi connectivity index (χ4v) is 1.17. The molecule has 0 fully saturated rings. The number of carbonyl (C=O) groups is 1. The Morgan fingerprint density at radius 2 is 2.25 bits per heavy atom. The summed E-state index contributed by atoms with van der Waals surface area (Å²) in [5.74, 6) is 0.330. The summed E-state index contributed by atoms with van der Waals surface area (Å²) in [6.45, 7) is 5.18. The van der Waals surface area contributed by atoms with E-state index in [1.165, 1.54) is 0 Å². The van der Waals surface area contributed by atoms with Crippen molar-refractivity contribution in [1.29, 1.82) is 0 Å². The van der Waals surface area contributed by atoms with E-state index < -0.39 is 0 Å². The standard InChI is InChI=1S/C11H10N4O/c1-7(2)9(16)11-13-10(14-15-11)8-5-3-4-6-12-8/h3-6H,1H2,2H3,(H,13,14,15). The van der Waals surface area contributed by atoms with E-state index in [2.05, 4.69) is 26.7 Å². The first kappa shape index (κ1) is 10.2. The van der Waals surface area contributed by atoms with Crippen LogP contribution in [0.3, 0.4) is 0 Å². The summed E-state index contributed by atoms with van der Waals surface area (Å²) < 4.78 is 0. The van der Waals surface area contributed by atoms with Gasteiger partial charge in [-0.15, -0.1) is 5.10 Å². The quantitative estimate of drug-likeness (QED) is 0.622. The molecule has 0 radical (unpaired) electrons. The number of hydrogen-bond donors (Lipinski definition) is 1. The second-order valence-corrected chi connectivity index (χ2v) is 3.33. The van der Waals surface area contributed by atoms with Gasteiger partial charge >= 0.3 is 0 Å². The van der Waals surface area contributed by atoms with Crippen LogP contribution in [0.1, 0.15) is 17.5 Å². The molecule has 5 heteroatoms. The van der Waals surface area contributed by atoms with Gasteiger partial charge in [0.2, 0.25) is 11.6 Å². The van der Waals surface area contributed by atoms with E-state index in [1.54, 1.807) is 25.3 Å². The SMILES string of the molecule is C=C(C)C(=O)c1n[nH]c(-c2ccccn2)n1. The van der Waals surface area contributed by atoms with E-state index in [1.807, 2.05) is 6.07 Å². The number of allylic oxidation sites excluding steroid dienone is 1. The summed E-state index contributed by atoms with van der Waals surface area (Å²) in [5, 5.41) is 6.50. The van der Waals surface area contributed by atoms with Gasteiger partial charge in [-0.3, -0.25) is 14.9 Å². The summed E-state index contributed by atoms with van der Waals surface area (Å²) in [4.78, 5) is 19.7. The third kappa shape index (κ3) is 1.88. The number of nitrogens with one attached hydrogen (secondary N) is 1. The molecular weight excluding hydrogens is 204 g/mol. The van der Waals surface area contributed by atoms with Gasteiger partial charge in [-0.05, 0) is 24.6 Å². The van der Waals surface area contributed by atoms with Crippen LogP contribution in [0.5, 0.6) is 0 Å². The van der Waals surface area contributed by atoms with Crippen LogP contribution >= 0.6 is 0 Å². The molecule has 2 heterocycles. The molecule has 0 saturated carbocycles. The second kappa shape index (κ2) is 4.06. The molecule has 1 N–H and O–H groups in total. The Balaban J connectivity index is 2.34. The van der Waals surface area contributed by atoms with E-state index in [4.69, 9.17) is 0 Å². The number of aromatic amines is 1. The van der Waals surface area contributed by atoms with Crippen molar-refractivity contribution >= 4 is 5.78 Å². The van der Waals surface area contributed by atoms with Gasteiger partial charge in [-0.2, -0.15) is 0 Å². The first-order chi connectivity index (χ1) is 7.68. The maximum absolute atomic E-state index is 11.5. The van der Waals surface area contributed by atoms with E-state index in [0.717, 1.165) is 0 Å². The first-order valence-corrected chi connectivity index (χ1v) is 4.72. The third-order valence-electron chi connectivity index (χ3n) is 1.98. The minimum atomic E-state index is -0.265. The molecular formula is C11H10N4O. The lowest BCUT2D eigenvalue weighted by molar-refractivity contribution is 0.102. The van der Waals surface area contributed by atoms with E-state index >= 15 is 0 Å². The number of nitrogens with zero attached hydrogens (tertiary/aromatic N) is 3. The highest BCUT2D eigenvalue weighted by Gasteiger charge is 2.13. The highest BCUT2D eigenvalue weighted by Crippen LogP contribution is 2.11. The molecule has 0 spiro atoms. The average molecular weight is 214 g/mol. The topological polar surface area (TPSA) is 71.5 Å². The van der Waals surface area contributed by atoms with E-state index in [0.29, 0.717) is 17.1 Å². The third-order valence-corrected chi connectivity index (χ3v) is 1.98. The highest BCUT2D eigenvalue weighted by molar-refractivity contribution is 6.05. The Morgan fingerprint density at radius 3 is 2.88 bits per heavy atom. The monoisotopic (exact) mass is 214 g/mol. The molecule has 0 bridgehead atoms. The maximum atomic E-state index is 11.5. The second-order valence-electron chi connectivity index (χ2n) is 3.33. The lowest BCUT2D eigenvalue weighted by Crippen LogP contribution is -2.01. The molecule has 0 aliphatic rings. The van der Waals surface area contributed by atoms with Gasteiger partial charge in [0, 0.05) is 6.20 Å². The molecule has 0 amide bonds. The van der Waals surface area contributed by atoms with Gasteiger partial charge in [-0.1, -0.05) is 12.6 Å². The Morgan fingerprint density at radius 1 is 1.44 bits per heavy atom. The molecule has 2 aromatic heterocycles. The summed E-state index contributed by atoms with van der Waals surface area (Å²) in [7, 11) is 0. The normalized spacial score (nSPS) is 10.1. The number of Topliss-reactive ketones (excluding diaryl/α,β-unsaturated/α-hetero) is 1. The Labute approximate surface area is 92.3 Å². The summed E-state index contributed by atoms with van der Waals surface area (Å²) >= 11 is 0. The molecule has 2 aromatic rings. The Kier molecular flexibility index (Phi) is 2.59. The van der Waals surface area contributed by atoms with Crippen molar-refractivity contribution in [2.75, 3.05) is 0 Å². The minimum Gasteiger partial charge on any atom is -0.285 e. The molecule has 2 rings (SSSR count).